The molecule has 0 N–H and O–H groups in total. The lowest BCUT2D eigenvalue weighted by Crippen LogP contribution is -2.41. The fraction of sp³-hybridized carbons (Fsp3) is 0.333. The summed E-state index contributed by atoms with van der Waals surface area (Å²) >= 11 is 0. The van der Waals surface area contributed by atoms with Gasteiger partial charge < -0.3 is 4.90 Å². The number of rotatable bonds is 2. The van der Waals surface area contributed by atoms with E-state index >= 15 is 0 Å². The Balaban J connectivity index is 1.76. The predicted molar refractivity (Wildman–Crippen MR) is 93.5 cm³/mol. The minimum absolute atomic E-state index is 0.0381. The van der Waals surface area contributed by atoms with Crippen LogP contribution < -0.4 is 10.5 Å². The van der Waals surface area contributed by atoms with E-state index in [-0.39, 0.29) is 11.5 Å². The number of anilines is 1. The van der Waals surface area contributed by atoms with Crippen molar-refractivity contribution >= 4 is 11.2 Å². The van der Waals surface area contributed by atoms with E-state index in [0.717, 1.165) is 23.9 Å². The zero-order chi connectivity index (χ0) is 17.6. The van der Waals surface area contributed by atoms with E-state index in [9.17, 15) is 4.79 Å². The summed E-state index contributed by atoms with van der Waals surface area (Å²) in [7, 11) is 0. The summed E-state index contributed by atoms with van der Waals surface area (Å²) in [5.41, 5.74) is 2.15. The Labute approximate surface area is 144 Å². The third-order valence-corrected chi connectivity index (χ3v) is 4.56. The smallest absolute Gasteiger partial charge is 0.279 e. The maximum atomic E-state index is 12.7. The van der Waals surface area contributed by atoms with E-state index in [0.29, 0.717) is 24.2 Å². The highest BCUT2D eigenvalue weighted by Crippen LogP contribution is 2.21. The molecule has 0 radical (unpaired) electrons. The van der Waals surface area contributed by atoms with Crippen LogP contribution in [-0.2, 0) is 13.1 Å². The monoisotopic (exact) mass is 334 g/mol. The SMILES string of the molecule is CC(C)c1ncc2c(=O)n3c(nn12)CN(c1ccc(C#N)cc1)CC3. The van der Waals surface area contributed by atoms with Gasteiger partial charge in [0.1, 0.15) is 5.82 Å². The van der Waals surface area contributed by atoms with E-state index < -0.39 is 0 Å². The highest BCUT2D eigenvalue weighted by molar-refractivity contribution is 5.50. The fourth-order valence-corrected chi connectivity index (χ4v) is 3.21. The number of aromatic nitrogens is 4. The van der Waals surface area contributed by atoms with Crippen LogP contribution in [0.5, 0.6) is 0 Å². The first kappa shape index (κ1) is 15.4. The molecule has 2 aromatic heterocycles. The number of nitriles is 1. The molecule has 0 unspecified atom stereocenters. The number of hydrogen-bond acceptors (Lipinski definition) is 5. The number of benzene rings is 1. The van der Waals surface area contributed by atoms with E-state index in [1.54, 1.807) is 27.4 Å². The van der Waals surface area contributed by atoms with Crippen molar-refractivity contribution in [2.75, 3.05) is 11.4 Å². The largest absolute Gasteiger partial charge is 0.362 e. The molecule has 0 aliphatic carbocycles. The Hall–Kier alpha value is -3.14. The first-order chi connectivity index (χ1) is 12.1. The molecule has 1 aliphatic heterocycles. The molecule has 126 valence electrons. The fourth-order valence-electron chi connectivity index (χ4n) is 3.21. The lowest BCUT2D eigenvalue weighted by molar-refractivity contribution is 0.511. The number of hydrogen-bond donors (Lipinski definition) is 0. The van der Waals surface area contributed by atoms with Crippen molar-refractivity contribution in [3.63, 3.8) is 0 Å². The Bertz CT molecular complexity index is 1040. The summed E-state index contributed by atoms with van der Waals surface area (Å²) in [4.78, 5) is 19.3. The molecule has 0 amide bonds. The molecule has 0 fully saturated rings. The van der Waals surface area contributed by atoms with E-state index in [1.807, 2.05) is 26.0 Å². The van der Waals surface area contributed by atoms with Crippen molar-refractivity contribution in [2.24, 2.45) is 0 Å². The minimum Gasteiger partial charge on any atom is -0.362 e. The van der Waals surface area contributed by atoms with Gasteiger partial charge in [0.15, 0.2) is 11.3 Å². The van der Waals surface area contributed by atoms with Crippen molar-refractivity contribution in [3.8, 4) is 6.07 Å². The highest BCUT2D eigenvalue weighted by Gasteiger charge is 2.22. The quantitative estimate of drug-likeness (QED) is 0.715. The standard InChI is InChI=1S/C18H18N6O/c1-12(2)17-20-10-15-18(25)23-8-7-22(11-16(23)21-24(15)17)14-5-3-13(9-19)4-6-14/h3-6,10,12H,7-8,11H2,1-2H3. The Morgan fingerprint density at radius 1 is 1.20 bits per heavy atom. The maximum Gasteiger partial charge on any atom is 0.279 e. The third-order valence-electron chi connectivity index (χ3n) is 4.56. The molecule has 7 heteroatoms. The Morgan fingerprint density at radius 3 is 2.64 bits per heavy atom. The van der Waals surface area contributed by atoms with Gasteiger partial charge in [-0.15, -0.1) is 0 Å². The second-order valence-electron chi connectivity index (χ2n) is 6.52. The molecule has 0 saturated carbocycles. The van der Waals surface area contributed by atoms with Crippen molar-refractivity contribution in [2.45, 2.75) is 32.9 Å². The molecular weight excluding hydrogens is 316 g/mol. The first-order valence-corrected chi connectivity index (χ1v) is 8.31. The van der Waals surface area contributed by atoms with E-state index in [4.69, 9.17) is 10.4 Å². The van der Waals surface area contributed by atoms with Crippen LogP contribution in [0.1, 0.15) is 37.0 Å². The molecule has 3 aromatic rings. The lowest BCUT2D eigenvalue weighted by Gasteiger charge is -2.30. The Morgan fingerprint density at radius 2 is 1.96 bits per heavy atom. The summed E-state index contributed by atoms with van der Waals surface area (Å²) in [5.74, 6) is 1.72. The van der Waals surface area contributed by atoms with Gasteiger partial charge in [-0.1, -0.05) is 13.8 Å². The zero-order valence-electron chi connectivity index (χ0n) is 14.2. The molecule has 3 heterocycles. The molecule has 4 rings (SSSR count). The number of imidazole rings is 1. The summed E-state index contributed by atoms with van der Waals surface area (Å²) in [5, 5.41) is 13.6. The average molecular weight is 334 g/mol. The minimum atomic E-state index is -0.0381. The van der Waals surface area contributed by atoms with Gasteiger partial charge in [0.25, 0.3) is 5.56 Å². The first-order valence-electron chi connectivity index (χ1n) is 8.31. The number of fused-ring (bicyclic) bond motifs is 2. The van der Waals surface area contributed by atoms with Crippen LogP contribution in [0.25, 0.3) is 5.52 Å². The van der Waals surface area contributed by atoms with Gasteiger partial charge >= 0.3 is 0 Å². The maximum absolute atomic E-state index is 12.7. The molecule has 0 spiro atoms. The van der Waals surface area contributed by atoms with Crippen molar-refractivity contribution < 1.29 is 0 Å². The summed E-state index contributed by atoms with van der Waals surface area (Å²) in [6, 6.07) is 9.60. The van der Waals surface area contributed by atoms with Crippen LogP contribution in [0, 0.1) is 11.3 Å². The third kappa shape index (κ3) is 2.47. The van der Waals surface area contributed by atoms with Crippen LogP contribution in [0.4, 0.5) is 5.69 Å². The average Bonchev–Trinajstić information content (AvgIpc) is 3.06. The van der Waals surface area contributed by atoms with Crippen LogP contribution in [0.3, 0.4) is 0 Å². The molecular formula is C18H18N6O. The van der Waals surface area contributed by atoms with Gasteiger partial charge in [-0.2, -0.15) is 10.4 Å². The second-order valence-corrected chi connectivity index (χ2v) is 6.52. The molecule has 0 bridgehead atoms. The molecule has 1 aliphatic rings. The summed E-state index contributed by atoms with van der Waals surface area (Å²) in [6.07, 6.45) is 1.62. The molecule has 0 atom stereocenters. The van der Waals surface area contributed by atoms with Gasteiger partial charge in [-0.05, 0) is 24.3 Å². The number of nitrogens with zero attached hydrogens (tertiary/aromatic N) is 6. The van der Waals surface area contributed by atoms with Gasteiger partial charge in [0.2, 0.25) is 0 Å². The molecule has 1 aromatic carbocycles. The molecule has 25 heavy (non-hydrogen) atoms. The van der Waals surface area contributed by atoms with E-state index in [2.05, 4.69) is 16.0 Å². The summed E-state index contributed by atoms with van der Waals surface area (Å²) in [6.45, 7) is 5.93. The summed E-state index contributed by atoms with van der Waals surface area (Å²) < 4.78 is 3.42. The van der Waals surface area contributed by atoms with E-state index in [1.165, 1.54) is 0 Å². The Kier molecular flexibility index (Phi) is 3.53. The van der Waals surface area contributed by atoms with Crippen molar-refractivity contribution in [3.05, 3.63) is 58.0 Å². The second kappa shape index (κ2) is 5.74. The van der Waals surface area contributed by atoms with Crippen molar-refractivity contribution in [1.82, 2.24) is 19.2 Å². The van der Waals surface area contributed by atoms with Gasteiger partial charge in [-0.25, -0.2) is 9.50 Å². The normalized spacial score (nSPS) is 13.9. The van der Waals surface area contributed by atoms with Crippen LogP contribution in [0.2, 0.25) is 0 Å². The van der Waals surface area contributed by atoms with Crippen molar-refractivity contribution in [1.29, 1.82) is 5.26 Å². The highest BCUT2D eigenvalue weighted by atomic mass is 16.1. The molecule has 0 saturated heterocycles. The van der Waals surface area contributed by atoms with Crippen LogP contribution in [0.15, 0.2) is 35.3 Å². The van der Waals surface area contributed by atoms with Gasteiger partial charge in [0, 0.05) is 24.7 Å². The van der Waals surface area contributed by atoms with Crippen LogP contribution >= 0.6 is 0 Å². The topological polar surface area (TPSA) is 79.2 Å². The lowest BCUT2D eigenvalue weighted by atomic mass is 10.2. The predicted octanol–water partition coefficient (Wildman–Crippen LogP) is 1.91. The molecule has 7 nitrogen and oxygen atoms in total. The van der Waals surface area contributed by atoms with Gasteiger partial charge in [0.05, 0.1) is 24.4 Å². The zero-order valence-corrected chi connectivity index (χ0v) is 14.2. The van der Waals surface area contributed by atoms with Gasteiger partial charge in [-0.3, -0.25) is 9.36 Å². The van der Waals surface area contributed by atoms with Crippen LogP contribution in [-0.4, -0.2) is 25.7 Å².